The van der Waals surface area contributed by atoms with Gasteiger partial charge in [0.05, 0.1) is 14.2 Å². The Balaban J connectivity index is 1.71. The molecule has 0 aromatic heterocycles. The van der Waals surface area contributed by atoms with Gasteiger partial charge in [0, 0.05) is 19.0 Å². The van der Waals surface area contributed by atoms with E-state index in [1.54, 1.807) is 14.2 Å². The lowest BCUT2D eigenvalue weighted by Gasteiger charge is -2.30. The fourth-order valence-electron chi connectivity index (χ4n) is 3.61. The van der Waals surface area contributed by atoms with Crippen LogP contribution in [0.25, 0.3) is 0 Å². The van der Waals surface area contributed by atoms with E-state index in [0.717, 1.165) is 11.3 Å². The van der Waals surface area contributed by atoms with Crippen LogP contribution in [0.3, 0.4) is 0 Å². The van der Waals surface area contributed by atoms with Gasteiger partial charge in [-0.2, -0.15) is 0 Å². The molecule has 27 heavy (non-hydrogen) atoms. The summed E-state index contributed by atoms with van der Waals surface area (Å²) >= 11 is 0. The SMILES string of the molecule is COc1cccc(CCC(=O)N(Cc2ccccc2)C(C)C2CC2)c1OC. The summed E-state index contributed by atoms with van der Waals surface area (Å²) < 4.78 is 10.9. The molecule has 1 saturated carbocycles. The Labute approximate surface area is 162 Å². The molecule has 1 unspecified atom stereocenters. The number of carbonyl (C=O) groups excluding carboxylic acids is 1. The van der Waals surface area contributed by atoms with Crippen LogP contribution in [0.4, 0.5) is 0 Å². The normalized spacial score (nSPS) is 14.5. The molecule has 0 bridgehead atoms. The fourth-order valence-corrected chi connectivity index (χ4v) is 3.61. The van der Waals surface area contributed by atoms with Gasteiger partial charge in [0.15, 0.2) is 11.5 Å². The highest BCUT2D eigenvalue weighted by molar-refractivity contribution is 5.77. The molecule has 3 rings (SSSR count). The average Bonchev–Trinajstić information content (AvgIpc) is 3.55. The van der Waals surface area contributed by atoms with E-state index in [0.29, 0.717) is 31.1 Å². The van der Waals surface area contributed by atoms with Gasteiger partial charge in [0.2, 0.25) is 5.91 Å². The molecule has 0 aliphatic heterocycles. The summed E-state index contributed by atoms with van der Waals surface area (Å²) in [4.78, 5) is 15.2. The van der Waals surface area contributed by atoms with Crippen LogP contribution in [0.15, 0.2) is 48.5 Å². The minimum absolute atomic E-state index is 0.197. The Morgan fingerprint density at radius 2 is 1.81 bits per heavy atom. The number of methoxy groups -OCH3 is 2. The molecule has 0 saturated heterocycles. The quantitative estimate of drug-likeness (QED) is 0.657. The zero-order valence-electron chi connectivity index (χ0n) is 16.5. The Morgan fingerprint density at radius 3 is 2.44 bits per heavy atom. The second kappa shape index (κ2) is 8.94. The van der Waals surface area contributed by atoms with Crippen molar-refractivity contribution in [3.8, 4) is 11.5 Å². The summed E-state index contributed by atoms with van der Waals surface area (Å²) in [6.45, 7) is 2.86. The second-order valence-electron chi connectivity index (χ2n) is 7.24. The van der Waals surface area contributed by atoms with Gasteiger partial charge < -0.3 is 14.4 Å². The Hall–Kier alpha value is -2.49. The minimum atomic E-state index is 0.197. The maximum atomic E-state index is 13.1. The number of rotatable bonds is 9. The number of amides is 1. The van der Waals surface area contributed by atoms with Crippen molar-refractivity contribution < 1.29 is 14.3 Å². The Morgan fingerprint density at radius 1 is 1.07 bits per heavy atom. The van der Waals surface area contributed by atoms with Crippen molar-refractivity contribution >= 4 is 5.91 Å². The number of aryl methyl sites for hydroxylation is 1. The summed E-state index contributed by atoms with van der Waals surface area (Å²) in [5, 5.41) is 0. The van der Waals surface area contributed by atoms with Crippen molar-refractivity contribution in [2.75, 3.05) is 14.2 Å². The molecule has 0 heterocycles. The van der Waals surface area contributed by atoms with Crippen molar-refractivity contribution in [1.82, 2.24) is 4.90 Å². The molecule has 144 valence electrons. The molecule has 1 fully saturated rings. The molecule has 1 aliphatic carbocycles. The van der Waals surface area contributed by atoms with E-state index < -0.39 is 0 Å². The van der Waals surface area contributed by atoms with E-state index in [-0.39, 0.29) is 11.9 Å². The van der Waals surface area contributed by atoms with Crippen LogP contribution >= 0.6 is 0 Å². The third-order valence-corrected chi connectivity index (χ3v) is 5.40. The van der Waals surface area contributed by atoms with E-state index in [1.165, 1.54) is 18.4 Å². The maximum Gasteiger partial charge on any atom is 0.223 e. The minimum Gasteiger partial charge on any atom is -0.493 e. The molecule has 2 aromatic rings. The summed E-state index contributed by atoms with van der Waals surface area (Å²) in [6.07, 6.45) is 3.56. The summed E-state index contributed by atoms with van der Waals surface area (Å²) in [5.74, 6) is 2.26. The zero-order chi connectivity index (χ0) is 19.2. The molecule has 2 aromatic carbocycles. The molecule has 4 nitrogen and oxygen atoms in total. The molecule has 1 aliphatic rings. The van der Waals surface area contributed by atoms with Gasteiger partial charge in [-0.1, -0.05) is 42.5 Å². The first kappa shape index (κ1) is 19.3. The first-order valence-electron chi connectivity index (χ1n) is 9.67. The molecule has 4 heteroatoms. The number of hydrogen-bond acceptors (Lipinski definition) is 3. The highest BCUT2D eigenvalue weighted by Gasteiger charge is 2.34. The van der Waals surface area contributed by atoms with Crippen molar-refractivity contribution in [3.05, 3.63) is 59.7 Å². The number of nitrogens with zero attached hydrogens (tertiary/aromatic N) is 1. The van der Waals surface area contributed by atoms with Crippen LogP contribution in [0.1, 0.15) is 37.3 Å². The molecular weight excluding hydrogens is 338 g/mol. The Kier molecular flexibility index (Phi) is 6.38. The third-order valence-electron chi connectivity index (χ3n) is 5.40. The van der Waals surface area contributed by atoms with Crippen LogP contribution in [-0.4, -0.2) is 31.1 Å². The van der Waals surface area contributed by atoms with Crippen LogP contribution in [-0.2, 0) is 17.8 Å². The predicted octanol–water partition coefficient (Wildman–Crippen LogP) is 4.46. The van der Waals surface area contributed by atoms with Crippen LogP contribution in [0.5, 0.6) is 11.5 Å². The lowest BCUT2D eigenvalue weighted by molar-refractivity contribution is -0.134. The summed E-state index contributed by atoms with van der Waals surface area (Å²) in [7, 11) is 3.27. The number of carbonyl (C=O) groups is 1. The van der Waals surface area contributed by atoms with Crippen molar-refractivity contribution in [1.29, 1.82) is 0 Å². The lowest BCUT2D eigenvalue weighted by atomic mass is 10.1. The number of benzene rings is 2. The van der Waals surface area contributed by atoms with Crippen LogP contribution in [0, 0.1) is 5.92 Å². The largest absolute Gasteiger partial charge is 0.493 e. The van der Waals surface area contributed by atoms with Gasteiger partial charge in [-0.05, 0) is 49.3 Å². The monoisotopic (exact) mass is 367 g/mol. The molecule has 0 spiro atoms. The summed E-state index contributed by atoms with van der Waals surface area (Å²) in [6, 6.07) is 16.3. The van der Waals surface area contributed by atoms with E-state index in [2.05, 4.69) is 24.0 Å². The van der Waals surface area contributed by atoms with Crippen LogP contribution in [0.2, 0.25) is 0 Å². The lowest BCUT2D eigenvalue weighted by Crippen LogP contribution is -2.39. The summed E-state index contributed by atoms with van der Waals surface area (Å²) in [5.41, 5.74) is 2.18. The van der Waals surface area contributed by atoms with Crippen LogP contribution < -0.4 is 9.47 Å². The standard InChI is InChI=1S/C23H29NO3/c1-17(19-12-13-19)24(16-18-8-5-4-6-9-18)22(25)15-14-20-10-7-11-21(26-2)23(20)27-3/h4-11,17,19H,12-16H2,1-3H3. The highest BCUT2D eigenvalue weighted by atomic mass is 16.5. The van der Waals surface area contributed by atoms with E-state index >= 15 is 0 Å². The molecule has 0 N–H and O–H groups in total. The van der Waals surface area contributed by atoms with Gasteiger partial charge in [0.25, 0.3) is 0 Å². The van der Waals surface area contributed by atoms with E-state index in [4.69, 9.17) is 9.47 Å². The topological polar surface area (TPSA) is 38.8 Å². The van der Waals surface area contributed by atoms with Crippen molar-refractivity contribution in [2.45, 2.75) is 45.2 Å². The zero-order valence-corrected chi connectivity index (χ0v) is 16.5. The van der Waals surface area contributed by atoms with E-state index in [9.17, 15) is 4.79 Å². The van der Waals surface area contributed by atoms with Gasteiger partial charge in [0.1, 0.15) is 0 Å². The first-order valence-corrected chi connectivity index (χ1v) is 9.67. The van der Waals surface area contributed by atoms with Crippen molar-refractivity contribution in [2.24, 2.45) is 5.92 Å². The van der Waals surface area contributed by atoms with Crippen molar-refractivity contribution in [3.63, 3.8) is 0 Å². The second-order valence-corrected chi connectivity index (χ2v) is 7.24. The van der Waals surface area contributed by atoms with Gasteiger partial charge in [-0.15, -0.1) is 0 Å². The highest BCUT2D eigenvalue weighted by Crippen LogP contribution is 2.36. The molecule has 1 amide bonds. The molecular formula is C23H29NO3. The predicted molar refractivity (Wildman–Crippen MR) is 107 cm³/mol. The van der Waals surface area contributed by atoms with E-state index in [1.807, 2.05) is 36.4 Å². The molecule has 0 radical (unpaired) electrons. The third kappa shape index (κ3) is 4.82. The van der Waals surface area contributed by atoms with Gasteiger partial charge in [-0.3, -0.25) is 4.79 Å². The van der Waals surface area contributed by atoms with Gasteiger partial charge >= 0.3 is 0 Å². The fraction of sp³-hybridized carbons (Fsp3) is 0.435. The number of para-hydroxylation sites is 1. The maximum absolute atomic E-state index is 13.1. The average molecular weight is 367 g/mol. The van der Waals surface area contributed by atoms with Gasteiger partial charge in [-0.25, -0.2) is 0 Å². The first-order chi connectivity index (χ1) is 13.1. The number of hydrogen-bond donors (Lipinski definition) is 0. The smallest absolute Gasteiger partial charge is 0.223 e. The number of ether oxygens (including phenoxy) is 2. The Bertz CT molecular complexity index is 755. The molecule has 1 atom stereocenters.